The highest BCUT2D eigenvalue weighted by Gasteiger charge is 2.37. The third-order valence-corrected chi connectivity index (χ3v) is 9.03. The summed E-state index contributed by atoms with van der Waals surface area (Å²) in [5.41, 5.74) is 10.7. The van der Waals surface area contributed by atoms with Crippen LogP contribution in [0.4, 0.5) is 0 Å². The van der Waals surface area contributed by atoms with E-state index in [2.05, 4.69) is 135 Å². The van der Waals surface area contributed by atoms with E-state index in [1.165, 1.54) is 65.0 Å². The van der Waals surface area contributed by atoms with E-state index in [1.54, 1.807) is 0 Å². The number of thiophene rings is 1. The highest BCUT2D eigenvalue weighted by molar-refractivity contribution is 7.21. The number of rotatable bonds is 3. The molecule has 0 saturated carbocycles. The molecule has 172 valence electrons. The first-order valence-electron chi connectivity index (χ1n) is 12.5. The monoisotopic (exact) mass is 478 g/mol. The maximum absolute atomic E-state index is 2.35. The standard InChI is InChI=1S/C35H26S/c1-35(2)30-17-9-8-15-28(30)32-29(16-10-18-31(32)35)34-27-14-7-6-13-26(27)33(36-34)25-21-19-24(20-22-25)23-11-4-3-5-12-23/h3-22H,1-2H3. The van der Waals surface area contributed by atoms with Crippen molar-refractivity contribution in [2.24, 2.45) is 0 Å². The third kappa shape index (κ3) is 3.13. The molecular weight excluding hydrogens is 452 g/mol. The lowest BCUT2D eigenvalue weighted by Gasteiger charge is -2.21. The molecule has 5 aromatic carbocycles. The van der Waals surface area contributed by atoms with Gasteiger partial charge in [-0.15, -0.1) is 11.3 Å². The van der Waals surface area contributed by atoms with Crippen molar-refractivity contribution in [1.29, 1.82) is 0 Å². The van der Waals surface area contributed by atoms with Gasteiger partial charge in [0.25, 0.3) is 0 Å². The van der Waals surface area contributed by atoms with Crippen molar-refractivity contribution in [3.63, 3.8) is 0 Å². The topological polar surface area (TPSA) is 0 Å². The first kappa shape index (κ1) is 21.4. The van der Waals surface area contributed by atoms with Crippen molar-refractivity contribution in [3.8, 4) is 43.1 Å². The molecule has 0 spiro atoms. The van der Waals surface area contributed by atoms with Crippen LogP contribution < -0.4 is 0 Å². The fourth-order valence-electron chi connectivity index (χ4n) is 5.89. The molecule has 1 aliphatic carbocycles. The van der Waals surface area contributed by atoms with Gasteiger partial charge in [0.2, 0.25) is 0 Å². The van der Waals surface area contributed by atoms with Crippen LogP contribution in [0.15, 0.2) is 121 Å². The molecule has 0 atom stereocenters. The van der Waals surface area contributed by atoms with E-state index < -0.39 is 0 Å². The predicted octanol–water partition coefficient (Wildman–Crippen LogP) is 10.2. The maximum Gasteiger partial charge on any atom is 0.0434 e. The second kappa shape index (κ2) is 8.05. The Morgan fingerprint density at radius 1 is 0.444 bits per heavy atom. The molecule has 0 N–H and O–H groups in total. The van der Waals surface area contributed by atoms with Crippen molar-refractivity contribution in [2.45, 2.75) is 19.3 Å². The minimum absolute atomic E-state index is 0.00506. The summed E-state index contributed by atoms with van der Waals surface area (Å²) in [4.78, 5) is 2.69. The smallest absolute Gasteiger partial charge is 0.0434 e. The first-order chi connectivity index (χ1) is 17.6. The van der Waals surface area contributed by atoms with Gasteiger partial charge in [-0.1, -0.05) is 135 Å². The van der Waals surface area contributed by atoms with Crippen LogP contribution in [0, 0.1) is 0 Å². The fourth-order valence-corrected chi connectivity index (χ4v) is 7.21. The lowest BCUT2D eigenvalue weighted by Crippen LogP contribution is -2.14. The zero-order valence-electron chi connectivity index (χ0n) is 20.5. The molecule has 0 amide bonds. The Kier molecular flexibility index (Phi) is 4.77. The zero-order chi connectivity index (χ0) is 24.3. The van der Waals surface area contributed by atoms with Crippen LogP contribution >= 0.6 is 11.3 Å². The van der Waals surface area contributed by atoms with Crippen LogP contribution in [0.2, 0.25) is 0 Å². The second-order valence-electron chi connectivity index (χ2n) is 10.1. The van der Waals surface area contributed by atoms with E-state index in [9.17, 15) is 0 Å². The molecule has 1 heteroatoms. The normalized spacial score (nSPS) is 13.5. The lowest BCUT2D eigenvalue weighted by atomic mass is 9.82. The maximum atomic E-state index is 2.35. The molecule has 0 saturated heterocycles. The molecule has 0 aliphatic heterocycles. The van der Waals surface area contributed by atoms with E-state index in [-0.39, 0.29) is 5.41 Å². The molecule has 0 fully saturated rings. The van der Waals surface area contributed by atoms with Crippen molar-refractivity contribution in [3.05, 3.63) is 132 Å². The summed E-state index contributed by atoms with van der Waals surface area (Å²) < 4.78 is 0. The molecule has 0 radical (unpaired) electrons. The van der Waals surface area contributed by atoms with Crippen molar-refractivity contribution in [1.82, 2.24) is 0 Å². The van der Waals surface area contributed by atoms with Crippen LogP contribution in [0.25, 0.3) is 53.9 Å². The summed E-state index contributed by atoms with van der Waals surface area (Å²) >= 11 is 1.92. The molecule has 36 heavy (non-hydrogen) atoms. The minimum Gasteiger partial charge on any atom is -0.134 e. The van der Waals surface area contributed by atoms with Gasteiger partial charge < -0.3 is 0 Å². The Hall–Kier alpha value is -3.94. The average Bonchev–Trinajstić information content (AvgIpc) is 3.43. The minimum atomic E-state index is 0.00506. The van der Waals surface area contributed by atoms with Gasteiger partial charge in [0.05, 0.1) is 0 Å². The molecule has 0 bridgehead atoms. The van der Waals surface area contributed by atoms with Crippen molar-refractivity contribution < 1.29 is 0 Å². The van der Waals surface area contributed by atoms with Crippen LogP contribution in [-0.4, -0.2) is 0 Å². The van der Waals surface area contributed by atoms with Gasteiger partial charge in [0, 0.05) is 31.5 Å². The van der Waals surface area contributed by atoms with Crippen LogP contribution in [0.5, 0.6) is 0 Å². The summed E-state index contributed by atoms with van der Waals surface area (Å²) in [7, 11) is 0. The van der Waals surface area contributed by atoms with Gasteiger partial charge in [-0.3, -0.25) is 0 Å². The summed E-state index contributed by atoms with van der Waals surface area (Å²) in [6.07, 6.45) is 0. The fraction of sp³-hybridized carbons (Fsp3) is 0.0857. The zero-order valence-corrected chi connectivity index (χ0v) is 21.3. The van der Waals surface area contributed by atoms with Crippen LogP contribution in [0.3, 0.4) is 0 Å². The van der Waals surface area contributed by atoms with Crippen LogP contribution in [0.1, 0.15) is 25.0 Å². The molecule has 0 unspecified atom stereocenters. The van der Waals surface area contributed by atoms with Gasteiger partial charge in [-0.05, 0) is 38.9 Å². The summed E-state index contributed by atoms with van der Waals surface area (Å²) in [6, 6.07) is 44.4. The number of benzene rings is 5. The first-order valence-corrected chi connectivity index (χ1v) is 13.4. The molecular formula is C35H26S. The highest BCUT2D eigenvalue weighted by atomic mass is 32.1. The van der Waals surface area contributed by atoms with E-state index in [0.717, 1.165) is 0 Å². The van der Waals surface area contributed by atoms with Gasteiger partial charge in [0.15, 0.2) is 0 Å². The SMILES string of the molecule is CC1(C)c2ccccc2-c2c(-c3sc(-c4ccc(-c5ccccc5)cc4)c4ccccc34)cccc21. The van der Waals surface area contributed by atoms with E-state index >= 15 is 0 Å². The Balaban J connectivity index is 1.43. The van der Waals surface area contributed by atoms with Crippen LogP contribution in [-0.2, 0) is 5.41 Å². The molecule has 1 heterocycles. The largest absolute Gasteiger partial charge is 0.134 e. The van der Waals surface area contributed by atoms with Gasteiger partial charge in [-0.2, -0.15) is 0 Å². The Labute approximate surface area is 216 Å². The highest BCUT2D eigenvalue weighted by Crippen LogP contribution is 2.54. The van der Waals surface area contributed by atoms with E-state index in [4.69, 9.17) is 0 Å². The summed E-state index contributed by atoms with van der Waals surface area (Å²) in [5, 5.41) is 2.66. The second-order valence-corrected chi connectivity index (χ2v) is 11.2. The van der Waals surface area contributed by atoms with Gasteiger partial charge in [0.1, 0.15) is 0 Å². The number of hydrogen-bond acceptors (Lipinski definition) is 1. The lowest BCUT2D eigenvalue weighted by molar-refractivity contribution is 0.660. The van der Waals surface area contributed by atoms with Crippen molar-refractivity contribution in [2.75, 3.05) is 0 Å². The predicted molar refractivity (Wildman–Crippen MR) is 156 cm³/mol. The third-order valence-electron chi connectivity index (χ3n) is 7.73. The summed E-state index contributed by atoms with van der Waals surface area (Å²) in [5.74, 6) is 0. The van der Waals surface area contributed by atoms with Gasteiger partial charge in [-0.25, -0.2) is 0 Å². The Morgan fingerprint density at radius 2 is 1.00 bits per heavy atom. The van der Waals surface area contributed by atoms with E-state index in [0.29, 0.717) is 0 Å². The molecule has 0 nitrogen and oxygen atoms in total. The quantitative estimate of drug-likeness (QED) is 0.237. The molecule has 7 rings (SSSR count). The number of fused-ring (bicyclic) bond motifs is 4. The molecule has 6 aromatic rings. The Morgan fingerprint density at radius 3 is 1.78 bits per heavy atom. The molecule has 1 aliphatic rings. The Bertz CT molecular complexity index is 1730. The van der Waals surface area contributed by atoms with Crippen molar-refractivity contribution >= 4 is 22.1 Å². The molecule has 1 aromatic heterocycles. The van der Waals surface area contributed by atoms with Gasteiger partial charge >= 0.3 is 0 Å². The average molecular weight is 479 g/mol. The number of hydrogen-bond donors (Lipinski definition) is 0. The van der Waals surface area contributed by atoms with E-state index in [1.807, 2.05) is 11.3 Å². The summed E-state index contributed by atoms with van der Waals surface area (Å²) in [6.45, 7) is 4.71.